The molecule has 0 unspecified atom stereocenters. The van der Waals surface area contributed by atoms with Crippen molar-refractivity contribution in [2.45, 2.75) is 19.1 Å². The van der Waals surface area contributed by atoms with Crippen molar-refractivity contribution < 1.29 is 5.11 Å². The van der Waals surface area contributed by atoms with Gasteiger partial charge in [0.25, 0.3) is 0 Å². The molecular formula is C12H18OSi. The van der Waals surface area contributed by atoms with Crippen LogP contribution in [0.2, 0.25) is 19.1 Å². The predicted octanol–water partition coefficient (Wildman–Crippen LogP) is 2.15. The van der Waals surface area contributed by atoms with E-state index >= 15 is 0 Å². The van der Waals surface area contributed by atoms with E-state index < -0.39 is 8.07 Å². The second-order valence-electron chi connectivity index (χ2n) is 4.33. The Morgan fingerprint density at radius 3 is 2.36 bits per heavy atom. The van der Waals surface area contributed by atoms with Crippen LogP contribution in [-0.4, -0.2) is 19.8 Å². The van der Waals surface area contributed by atoms with Crippen molar-refractivity contribution in [2.75, 3.05) is 6.61 Å². The third-order valence-corrected chi connectivity index (χ3v) is 5.75. The molecule has 1 rings (SSSR count). The normalized spacial score (nSPS) is 11.4. The van der Waals surface area contributed by atoms with Gasteiger partial charge < -0.3 is 5.11 Å². The Balaban J connectivity index is 2.80. The Hall–Kier alpha value is -0.863. The minimum absolute atomic E-state index is 0.114. The molecule has 0 aliphatic rings. The lowest BCUT2D eigenvalue weighted by Crippen LogP contribution is -2.41. The molecule has 0 bridgehead atoms. The molecule has 0 spiro atoms. The van der Waals surface area contributed by atoms with Gasteiger partial charge in [0, 0.05) is 0 Å². The van der Waals surface area contributed by atoms with Gasteiger partial charge in [-0.3, -0.25) is 0 Å². The third kappa shape index (κ3) is 2.82. The maximum absolute atomic E-state index is 8.97. The van der Waals surface area contributed by atoms with E-state index in [-0.39, 0.29) is 6.61 Å². The van der Waals surface area contributed by atoms with Gasteiger partial charge in [-0.2, -0.15) is 0 Å². The summed E-state index contributed by atoms with van der Waals surface area (Å²) >= 11 is 0. The molecule has 2 heteroatoms. The molecule has 1 aromatic carbocycles. The number of hydrogen-bond donors (Lipinski definition) is 1. The summed E-state index contributed by atoms with van der Waals surface area (Å²) in [6.07, 6.45) is 0. The number of aliphatic hydroxyl groups is 1. The number of hydrogen-bond acceptors (Lipinski definition) is 1. The molecule has 0 radical (unpaired) electrons. The Kier molecular flexibility index (Phi) is 3.67. The topological polar surface area (TPSA) is 20.2 Å². The lowest BCUT2D eigenvalue weighted by atomic mass is 10.4. The van der Waals surface area contributed by atoms with Crippen molar-refractivity contribution in [3.05, 3.63) is 42.5 Å². The van der Waals surface area contributed by atoms with Crippen molar-refractivity contribution in [1.29, 1.82) is 0 Å². The van der Waals surface area contributed by atoms with Crippen LogP contribution in [0, 0.1) is 0 Å². The van der Waals surface area contributed by atoms with Crippen molar-refractivity contribution in [3.63, 3.8) is 0 Å². The molecule has 0 amide bonds. The van der Waals surface area contributed by atoms with Crippen LogP contribution in [0.3, 0.4) is 0 Å². The smallest absolute Gasteiger partial charge is 0.0846 e. The molecule has 0 aliphatic carbocycles. The third-order valence-electron chi connectivity index (χ3n) is 2.47. The second-order valence-corrected chi connectivity index (χ2v) is 9.03. The first kappa shape index (κ1) is 11.2. The van der Waals surface area contributed by atoms with Crippen LogP contribution in [0.1, 0.15) is 0 Å². The number of benzene rings is 1. The van der Waals surface area contributed by atoms with Crippen LogP contribution in [0.15, 0.2) is 42.5 Å². The van der Waals surface area contributed by atoms with Gasteiger partial charge in [-0.05, 0) is 6.04 Å². The molecule has 0 aromatic heterocycles. The first-order valence-electron chi connectivity index (χ1n) is 4.89. The number of rotatable bonds is 4. The second kappa shape index (κ2) is 4.58. The Morgan fingerprint density at radius 1 is 1.29 bits per heavy atom. The molecule has 1 N–H and O–H groups in total. The monoisotopic (exact) mass is 206 g/mol. The molecule has 0 fully saturated rings. The summed E-state index contributed by atoms with van der Waals surface area (Å²) in [5, 5.41) is 10.4. The van der Waals surface area contributed by atoms with Gasteiger partial charge in [0.05, 0.1) is 14.7 Å². The summed E-state index contributed by atoms with van der Waals surface area (Å²) < 4.78 is 0. The van der Waals surface area contributed by atoms with Gasteiger partial charge in [-0.15, -0.1) is 0 Å². The molecule has 14 heavy (non-hydrogen) atoms. The molecule has 1 aromatic rings. The predicted molar refractivity (Wildman–Crippen MR) is 64.6 cm³/mol. The van der Waals surface area contributed by atoms with Crippen LogP contribution in [0.25, 0.3) is 0 Å². The van der Waals surface area contributed by atoms with Crippen LogP contribution in [-0.2, 0) is 0 Å². The van der Waals surface area contributed by atoms with Gasteiger partial charge >= 0.3 is 0 Å². The maximum atomic E-state index is 8.97. The molecular weight excluding hydrogens is 188 g/mol. The molecule has 0 saturated heterocycles. The van der Waals surface area contributed by atoms with Crippen molar-refractivity contribution in [3.8, 4) is 0 Å². The van der Waals surface area contributed by atoms with Crippen molar-refractivity contribution >= 4 is 13.3 Å². The van der Waals surface area contributed by atoms with Crippen LogP contribution < -0.4 is 5.19 Å². The van der Waals surface area contributed by atoms with Gasteiger partial charge in [-0.25, -0.2) is 0 Å². The molecule has 0 saturated carbocycles. The zero-order valence-electron chi connectivity index (χ0n) is 8.96. The van der Waals surface area contributed by atoms with Crippen molar-refractivity contribution in [1.82, 2.24) is 0 Å². The first-order chi connectivity index (χ1) is 6.56. The fourth-order valence-electron chi connectivity index (χ4n) is 1.67. The Labute approximate surface area is 87.1 Å². The average molecular weight is 206 g/mol. The van der Waals surface area contributed by atoms with E-state index in [1.54, 1.807) is 0 Å². The Bertz CT molecular complexity index is 303. The summed E-state index contributed by atoms with van der Waals surface area (Å²) in [7, 11) is -1.42. The van der Waals surface area contributed by atoms with E-state index in [0.29, 0.717) is 0 Å². The average Bonchev–Trinajstić information content (AvgIpc) is 2.18. The van der Waals surface area contributed by atoms with Gasteiger partial charge in [-0.1, -0.05) is 60.8 Å². The van der Waals surface area contributed by atoms with E-state index in [1.807, 2.05) is 6.07 Å². The molecule has 1 nitrogen and oxygen atoms in total. The standard InChI is InChI=1S/C12H18OSi/c1-11(9-13)10-14(2,3)12-7-5-4-6-8-12/h4-8,13H,1,9-10H2,2-3H3. The number of aliphatic hydroxyl groups excluding tert-OH is 1. The van der Waals surface area contributed by atoms with E-state index in [1.165, 1.54) is 5.19 Å². The Morgan fingerprint density at radius 2 is 1.86 bits per heavy atom. The quantitative estimate of drug-likeness (QED) is 0.591. The minimum Gasteiger partial charge on any atom is -0.392 e. The van der Waals surface area contributed by atoms with E-state index in [9.17, 15) is 0 Å². The molecule has 0 heterocycles. The summed E-state index contributed by atoms with van der Waals surface area (Å²) in [5.41, 5.74) is 0.950. The fraction of sp³-hybridized carbons (Fsp3) is 0.333. The van der Waals surface area contributed by atoms with Crippen LogP contribution in [0.5, 0.6) is 0 Å². The van der Waals surface area contributed by atoms with Crippen LogP contribution >= 0.6 is 0 Å². The lowest BCUT2D eigenvalue weighted by molar-refractivity contribution is 0.331. The highest BCUT2D eigenvalue weighted by Gasteiger charge is 2.23. The molecule has 76 valence electrons. The SMILES string of the molecule is C=C(CO)C[Si](C)(C)c1ccccc1. The van der Waals surface area contributed by atoms with Crippen molar-refractivity contribution in [2.24, 2.45) is 0 Å². The summed E-state index contributed by atoms with van der Waals surface area (Å²) in [5.74, 6) is 0. The zero-order valence-corrected chi connectivity index (χ0v) is 9.96. The summed E-state index contributed by atoms with van der Waals surface area (Å²) in [4.78, 5) is 0. The lowest BCUT2D eigenvalue weighted by Gasteiger charge is -2.23. The first-order valence-corrected chi connectivity index (χ1v) is 8.10. The largest absolute Gasteiger partial charge is 0.392 e. The van der Waals surface area contributed by atoms with Gasteiger partial charge in [0.1, 0.15) is 0 Å². The highest BCUT2D eigenvalue weighted by atomic mass is 28.3. The van der Waals surface area contributed by atoms with Gasteiger partial charge in [0.15, 0.2) is 0 Å². The zero-order chi connectivity index (χ0) is 10.6. The molecule has 0 atom stereocenters. The van der Waals surface area contributed by atoms with Crippen LogP contribution in [0.4, 0.5) is 0 Å². The van der Waals surface area contributed by atoms with Gasteiger partial charge in [0.2, 0.25) is 0 Å². The molecule has 0 aliphatic heterocycles. The highest BCUT2D eigenvalue weighted by Crippen LogP contribution is 2.14. The summed E-state index contributed by atoms with van der Waals surface area (Å²) in [6.45, 7) is 8.60. The van der Waals surface area contributed by atoms with E-state index in [0.717, 1.165) is 11.6 Å². The van der Waals surface area contributed by atoms with E-state index in [4.69, 9.17) is 5.11 Å². The highest BCUT2D eigenvalue weighted by molar-refractivity contribution is 6.90. The fourth-order valence-corrected chi connectivity index (χ4v) is 4.33. The van der Waals surface area contributed by atoms with E-state index in [2.05, 4.69) is 43.9 Å². The minimum atomic E-state index is -1.42. The maximum Gasteiger partial charge on any atom is 0.0846 e. The summed E-state index contributed by atoms with van der Waals surface area (Å²) in [6, 6.07) is 11.5.